The maximum absolute atomic E-state index is 12.9. The molecule has 0 aliphatic rings. The van der Waals surface area contributed by atoms with E-state index in [-0.39, 0.29) is 25.2 Å². The Morgan fingerprint density at radius 1 is 0.319 bits per heavy atom. The maximum atomic E-state index is 12.9. The van der Waals surface area contributed by atoms with E-state index in [4.69, 9.17) is 14.2 Å². The van der Waals surface area contributed by atoms with Gasteiger partial charge < -0.3 is 14.2 Å². The number of unbranched alkanes of at least 4 members (excludes halogenated alkanes) is 29. The molecule has 0 aromatic carbocycles. The van der Waals surface area contributed by atoms with Crippen molar-refractivity contribution in [3.8, 4) is 0 Å². The molecule has 0 amide bonds. The van der Waals surface area contributed by atoms with E-state index < -0.39 is 6.10 Å². The lowest BCUT2D eigenvalue weighted by molar-refractivity contribution is -0.163. The summed E-state index contributed by atoms with van der Waals surface area (Å²) in [7, 11) is 0. The summed E-state index contributed by atoms with van der Waals surface area (Å²) in [5.74, 6) is -0.430. The van der Waals surface area contributed by atoms with E-state index >= 15 is 0 Å². The van der Waals surface area contributed by atoms with E-state index in [0.29, 0.717) is 19.4 Å². The van der Waals surface area contributed by atoms with Crippen LogP contribution in [-0.2, 0) is 23.8 Å². The van der Waals surface area contributed by atoms with E-state index in [1.807, 2.05) is 0 Å². The van der Waals surface area contributed by atoms with Crippen molar-refractivity contribution in [2.24, 2.45) is 0 Å². The Morgan fingerprint density at radius 2 is 0.625 bits per heavy atom. The van der Waals surface area contributed by atoms with Gasteiger partial charge in [0.15, 0.2) is 6.10 Å². The number of hydrogen-bond acceptors (Lipinski definition) is 5. The molecule has 0 rings (SSSR count). The molecule has 0 aliphatic heterocycles. The average molecular weight is 1000 g/mol. The molecule has 5 nitrogen and oxygen atoms in total. The summed E-state index contributed by atoms with van der Waals surface area (Å²) in [6.45, 7) is 7.59. The summed E-state index contributed by atoms with van der Waals surface area (Å²) in [4.78, 5) is 25.6. The standard InChI is InChI=1S/C67H116O5/c1-4-7-10-13-16-19-22-25-28-31-34-36-39-42-45-48-51-54-57-60-66(68)71-64-65(63-70-62-59-56-53-50-47-44-41-38-33-30-27-24-21-18-15-12-9-6-3)72-67(69)61-58-55-52-49-46-43-40-37-35-32-29-26-23-20-17-14-11-8-5-2/h7,9-10,12,16,18-19,21,25,27-28,30,34,36,42,45,65H,4-6,8,11,13-15,17,20,22-24,26,29,31-33,35,37-41,43-44,46-64H2,1-3H3/b10-7-,12-9-,19-16-,21-18-,28-25-,30-27-,36-34-,45-42-. The highest BCUT2D eigenvalue weighted by atomic mass is 16.6. The second-order valence-corrected chi connectivity index (χ2v) is 20.2. The number of ether oxygens (including phenoxy) is 3. The highest BCUT2D eigenvalue weighted by molar-refractivity contribution is 5.70. The third kappa shape index (κ3) is 59.4. The first-order valence-corrected chi connectivity index (χ1v) is 30.8. The van der Waals surface area contributed by atoms with Crippen LogP contribution >= 0.6 is 0 Å². The van der Waals surface area contributed by atoms with Crippen LogP contribution in [0.2, 0.25) is 0 Å². The normalized spacial score (nSPS) is 12.9. The van der Waals surface area contributed by atoms with Crippen molar-refractivity contribution < 1.29 is 23.8 Å². The third-order valence-electron chi connectivity index (χ3n) is 13.1. The van der Waals surface area contributed by atoms with Gasteiger partial charge in [-0.15, -0.1) is 0 Å². The Hall–Kier alpha value is -3.18. The van der Waals surface area contributed by atoms with Crippen molar-refractivity contribution in [2.45, 2.75) is 297 Å². The Bertz CT molecular complexity index is 1360. The Labute approximate surface area is 447 Å². The fraction of sp³-hybridized carbons (Fsp3) is 0.731. The highest BCUT2D eigenvalue weighted by Gasteiger charge is 2.17. The number of allylic oxidation sites excluding steroid dienone is 16. The molecule has 0 aromatic heterocycles. The van der Waals surface area contributed by atoms with Crippen LogP contribution in [0.3, 0.4) is 0 Å². The minimum Gasteiger partial charge on any atom is -0.462 e. The molecule has 0 spiro atoms. The molecule has 0 bridgehead atoms. The minimum absolute atomic E-state index is 0.0631. The van der Waals surface area contributed by atoms with Crippen molar-refractivity contribution in [2.75, 3.05) is 19.8 Å². The molecule has 0 aliphatic carbocycles. The van der Waals surface area contributed by atoms with E-state index in [0.717, 1.165) is 103 Å². The fourth-order valence-corrected chi connectivity index (χ4v) is 8.61. The first-order valence-electron chi connectivity index (χ1n) is 30.8. The van der Waals surface area contributed by atoms with Gasteiger partial charge in [0.1, 0.15) is 6.61 Å². The Balaban J connectivity index is 4.34. The summed E-state index contributed by atoms with van der Waals surface area (Å²) in [6.07, 6.45) is 84.4. The fourth-order valence-electron chi connectivity index (χ4n) is 8.61. The van der Waals surface area contributed by atoms with Crippen LogP contribution in [0.1, 0.15) is 290 Å². The van der Waals surface area contributed by atoms with Gasteiger partial charge in [-0.25, -0.2) is 0 Å². The second-order valence-electron chi connectivity index (χ2n) is 20.2. The van der Waals surface area contributed by atoms with Crippen LogP contribution in [-0.4, -0.2) is 37.9 Å². The van der Waals surface area contributed by atoms with Crippen LogP contribution < -0.4 is 0 Å². The van der Waals surface area contributed by atoms with Crippen molar-refractivity contribution in [1.29, 1.82) is 0 Å². The first-order chi connectivity index (χ1) is 35.6. The molecule has 0 heterocycles. The van der Waals surface area contributed by atoms with Gasteiger partial charge in [-0.3, -0.25) is 9.59 Å². The highest BCUT2D eigenvalue weighted by Crippen LogP contribution is 2.16. The third-order valence-corrected chi connectivity index (χ3v) is 13.1. The molecule has 0 radical (unpaired) electrons. The van der Waals surface area contributed by atoms with Gasteiger partial charge in [0.05, 0.1) is 6.61 Å². The number of carbonyl (C=O) groups excluding carboxylic acids is 2. The number of hydrogen-bond donors (Lipinski definition) is 0. The molecular weight excluding hydrogens is 885 g/mol. The Morgan fingerprint density at radius 3 is 1.01 bits per heavy atom. The van der Waals surface area contributed by atoms with E-state index in [1.54, 1.807) is 0 Å². The molecule has 0 N–H and O–H groups in total. The van der Waals surface area contributed by atoms with E-state index in [2.05, 4.69) is 118 Å². The Kier molecular flexibility index (Phi) is 59.4. The topological polar surface area (TPSA) is 61.8 Å². The molecule has 0 fully saturated rings. The predicted octanol–water partition coefficient (Wildman–Crippen LogP) is 21.4. The molecular formula is C67H116O5. The zero-order valence-corrected chi connectivity index (χ0v) is 47.7. The molecule has 414 valence electrons. The van der Waals surface area contributed by atoms with Gasteiger partial charge >= 0.3 is 11.9 Å². The van der Waals surface area contributed by atoms with E-state index in [9.17, 15) is 9.59 Å². The molecule has 5 heteroatoms. The van der Waals surface area contributed by atoms with Gasteiger partial charge in [0, 0.05) is 19.4 Å². The average Bonchev–Trinajstić information content (AvgIpc) is 3.38. The van der Waals surface area contributed by atoms with Gasteiger partial charge in [0.25, 0.3) is 0 Å². The summed E-state index contributed by atoms with van der Waals surface area (Å²) in [5, 5.41) is 0. The van der Waals surface area contributed by atoms with Crippen molar-refractivity contribution in [3.05, 3.63) is 97.2 Å². The van der Waals surface area contributed by atoms with Crippen molar-refractivity contribution in [3.63, 3.8) is 0 Å². The quantitative estimate of drug-likeness (QED) is 0.0345. The predicted molar refractivity (Wildman–Crippen MR) is 316 cm³/mol. The van der Waals surface area contributed by atoms with Crippen molar-refractivity contribution >= 4 is 11.9 Å². The van der Waals surface area contributed by atoms with Gasteiger partial charge in [0.2, 0.25) is 0 Å². The smallest absolute Gasteiger partial charge is 0.306 e. The van der Waals surface area contributed by atoms with Gasteiger partial charge in [-0.2, -0.15) is 0 Å². The molecule has 1 atom stereocenters. The SMILES string of the molecule is CC/C=C\C/C=C\C/C=C\C/C=C\C/C=C\CCCCCC(=O)OCC(COCCCCCCCCCC/C=C\C/C=C\C/C=C\CC)OC(=O)CCCCCCCCCCCCCCCCCCCCC. The lowest BCUT2D eigenvalue weighted by Crippen LogP contribution is -2.30. The van der Waals surface area contributed by atoms with Crippen LogP contribution in [0.4, 0.5) is 0 Å². The van der Waals surface area contributed by atoms with Crippen LogP contribution in [0.5, 0.6) is 0 Å². The lowest BCUT2D eigenvalue weighted by Gasteiger charge is -2.18. The number of rotatable bonds is 56. The maximum Gasteiger partial charge on any atom is 0.306 e. The van der Waals surface area contributed by atoms with Crippen LogP contribution in [0.25, 0.3) is 0 Å². The van der Waals surface area contributed by atoms with Crippen LogP contribution in [0.15, 0.2) is 97.2 Å². The van der Waals surface area contributed by atoms with Gasteiger partial charge in [-0.05, 0) is 96.3 Å². The number of carbonyl (C=O) groups is 2. The molecule has 1 unspecified atom stereocenters. The summed E-state index contributed by atoms with van der Waals surface area (Å²) < 4.78 is 17.5. The largest absolute Gasteiger partial charge is 0.462 e. The molecule has 72 heavy (non-hydrogen) atoms. The molecule has 0 saturated carbocycles. The minimum atomic E-state index is -0.559. The van der Waals surface area contributed by atoms with E-state index in [1.165, 1.54) is 154 Å². The zero-order valence-electron chi connectivity index (χ0n) is 47.7. The van der Waals surface area contributed by atoms with Crippen molar-refractivity contribution in [1.82, 2.24) is 0 Å². The molecule has 0 aromatic rings. The number of esters is 2. The summed E-state index contributed by atoms with van der Waals surface area (Å²) in [6, 6.07) is 0. The zero-order chi connectivity index (χ0) is 52.0. The van der Waals surface area contributed by atoms with Gasteiger partial charge in [-0.1, -0.05) is 279 Å². The molecule has 0 saturated heterocycles. The van der Waals surface area contributed by atoms with Crippen LogP contribution in [0, 0.1) is 0 Å². The lowest BCUT2D eigenvalue weighted by atomic mass is 10.0. The summed E-state index contributed by atoms with van der Waals surface area (Å²) in [5.41, 5.74) is 0. The second kappa shape index (κ2) is 62.1. The first kappa shape index (κ1) is 68.8. The monoisotopic (exact) mass is 1000 g/mol. The summed E-state index contributed by atoms with van der Waals surface area (Å²) >= 11 is 0.